The lowest BCUT2D eigenvalue weighted by Crippen LogP contribution is -2.05. The van der Waals surface area contributed by atoms with Crippen LogP contribution in [0.3, 0.4) is 0 Å². The molecule has 1 aliphatic rings. The molecule has 102 valence electrons. The second kappa shape index (κ2) is 6.33. The Morgan fingerprint density at radius 2 is 2.21 bits per heavy atom. The molecule has 1 N–H and O–H groups in total. The second-order valence-electron chi connectivity index (χ2n) is 4.47. The van der Waals surface area contributed by atoms with E-state index in [1.807, 2.05) is 0 Å². The van der Waals surface area contributed by atoms with Gasteiger partial charge in [0, 0.05) is 12.1 Å². The number of aliphatic carboxylic acids is 1. The quantitative estimate of drug-likeness (QED) is 0.468. The topological polar surface area (TPSA) is 55.8 Å². The number of hydrogen-bond donors (Lipinski definition) is 1. The van der Waals surface area contributed by atoms with Gasteiger partial charge in [-0.05, 0) is 42.5 Å². The first-order valence-electron chi connectivity index (χ1n) is 6.05. The van der Waals surface area contributed by atoms with Crippen molar-refractivity contribution in [3.63, 3.8) is 0 Å². The fourth-order valence-electron chi connectivity index (χ4n) is 1.54. The molecule has 0 radical (unpaired) electrons. The van der Waals surface area contributed by atoms with Gasteiger partial charge in [-0.3, -0.25) is 0 Å². The molecule has 1 aromatic carbocycles. The lowest BCUT2D eigenvalue weighted by atomic mass is 10.2. The largest absolute Gasteiger partial charge is 0.478 e. The summed E-state index contributed by atoms with van der Waals surface area (Å²) in [6, 6.07) is 4.03. The summed E-state index contributed by atoms with van der Waals surface area (Å²) in [6.45, 7) is 0.739. The van der Waals surface area contributed by atoms with Crippen LogP contribution in [0.1, 0.15) is 18.4 Å². The molecule has 4 nitrogen and oxygen atoms in total. The van der Waals surface area contributed by atoms with E-state index in [1.165, 1.54) is 31.1 Å². The summed E-state index contributed by atoms with van der Waals surface area (Å²) in [4.78, 5) is 10.4. The van der Waals surface area contributed by atoms with Gasteiger partial charge >= 0.3 is 5.97 Å². The molecule has 0 atom stereocenters. The van der Waals surface area contributed by atoms with Crippen molar-refractivity contribution in [3.8, 4) is 5.75 Å². The highest BCUT2D eigenvalue weighted by molar-refractivity contribution is 5.85. The molecule has 1 fully saturated rings. The number of hydrogen-bond acceptors (Lipinski definition) is 3. The van der Waals surface area contributed by atoms with Crippen molar-refractivity contribution in [2.45, 2.75) is 12.8 Å². The van der Waals surface area contributed by atoms with Crippen molar-refractivity contribution < 1.29 is 23.8 Å². The fraction of sp³-hybridized carbons (Fsp3) is 0.357. The van der Waals surface area contributed by atoms with Crippen LogP contribution < -0.4 is 4.74 Å². The van der Waals surface area contributed by atoms with Gasteiger partial charge in [0.25, 0.3) is 0 Å². The third kappa shape index (κ3) is 5.09. The van der Waals surface area contributed by atoms with Crippen molar-refractivity contribution in [1.29, 1.82) is 0 Å². The van der Waals surface area contributed by atoms with E-state index in [9.17, 15) is 9.18 Å². The van der Waals surface area contributed by atoms with Crippen LogP contribution in [0, 0.1) is 11.7 Å². The molecule has 1 aromatic rings. The lowest BCUT2D eigenvalue weighted by molar-refractivity contribution is -0.131. The maximum absolute atomic E-state index is 13.3. The van der Waals surface area contributed by atoms with E-state index in [-0.39, 0.29) is 6.79 Å². The van der Waals surface area contributed by atoms with E-state index in [2.05, 4.69) is 0 Å². The number of carbonyl (C=O) groups is 1. The molecule has 0 heterocycles. The Kier molecular flexibility index (Phi) is 4.52. The molecule has 19 heavy (non-hydrogen) atoms. The first kappa shape index (κ1) is 13.5. The van der Waals surface area contributed by atoms with E-state index in [4.69, 9.17) is 14.6 Å². The van der Waals surface area contributed by atoms with E-state index in [1.54, 1.807) is 6.07 Å². The molecule has 0 aromatic heterocycles. The van der Waals surface area contributed by atoms with Gasteiger partial charge in [0.15, 0.2) is 6.79 Å². The van der Waals surface area contributed by atoms with Gasteiger partial charge < -0.3 is 14.6 Å². The van der Waals surface area contributed by atoms with Crippen molar-refractivity contribution in [2.75, 3.05) is 13.4 Å². The van der Waals surface area contributed by atoms with Crippen LogP contribution in [0.25, 0.3) is 6.08 Å². The molecule has 0 unspecified atom stereocenters. The highest BCUT2D eigenvalue weighted by atomic mass is 19.1. The van der Waals surface area contributed by atoms with Crippen LogP contribution in [0.15, 0.2) is 24.3 Å². The molecule has 1 saturated carbocycles. The summed E-state index contributed by atoms with van der Waals surface area (Å²) in [5.41, 5.74) is 0.430. The van der Waals surface area contributed by atoms with E-state index in [0.717, 1.165) is 6.08 Å². The maximum Gasteiger partial charge on any atom is 0.328 e. The van der Waals surface area contributed by atoms with Crippen LogP contribution in [0.2, 0.25) is 0 Å². The Bertz CT molecular complexity index is 480. The summed E-state index contributed by atoms with van der Waals surface area (Å²) >= 11 is 0. The zero-order valence-corrected chi connectivity index (χ0v) is 10.3. The predicted octanol–water partition coefficient (Wildman–Crippen LogP) is 2.69. The smallest absolute Gasteiger partial charge is 0.328 e. The minimum atomic E-state index is -1.08. The fourth-order valence-corrected chi connectivity index (χ4v) is 1.54. The highest BCUT2D eigenvalue weighted by Gasteiger charge is 2.21. The number of halogens is 1. The SMILES string of the molecule is O=C(O)/C=C/c1cc(F)cc(OCOCC2CC2)c1. The van der Waals surface area contributed by atoms with Crippen molar-refractivity contribution >= 4 is 12.0 Å². The Morgan fingerprint density at radius 1 is 1.42 bits per heavy atom. The lowest BCUT2D eigenvalue weighted by Gasteiger charge is -2.07. The second-order valence-corrected chi connectivity index (χ2v) is 4.47. The summed E-state index contributed by atoms with van der Waals surface area (Å²) in [5, 5.41) is 8.51. The van der Waals surface area contributed by atoms with E-state index >= 15 is 0 Å². The summed E-state index contributed by atoms with van der Waals surface area (Å²) < 4.78 is 23.8. The number of carboxylic acids is 1. The van der Waals surface area contributed by atoms with Gasteiger partial charge in [-0.15, -0.1) is 0 Å². The molecule has 0 saturated heterocycles. The minimum absolute atomic E-state index is 0.0715. The van der Waals surface area contributed by atoms with E-state index < -0.39 is 11.8 Å². The van der Waals surface area contributed by atoms with Crippen molar-refractivity contribution in [1.82, 2.24) is 0 Å². The van der Waals surface area contributed by atoms with Gasteiger partial charge in [-0.25, -0.2) is 9.18 Å². The first-order chi connectivity index (χ1) is 9.13. The minimum Gasteiger partial charge on any atom is -0.478 e. The van der Waals surface area contributed by atoms with Crippen LogP contribution in [0.4, 0.5) is 4.39 Å². The molecule has 0 amide bonds. The third-order valence-electron chi connectivity index (χ3n) is 2.67. The molecule has 0 bridgehead atoms. The van der Waals surface area contributed by atoms with Crippen molar-refractivity contribution in [2.24, 2.45) is 5.92 Å². The monoisotopic (exact) mass is 266 g/mol. The third-order valence-corrected chi connectivity index (χ3v) is 2.67. The normalized spacial score (nSPS) is 14.8. The molecular weight excluding hydrogens is 251 g/mol. The molecule has 0 aliphatic heterocycles. The van der Waals surface area contributed by atoms with Gasteiger partial charge in [0.05, 0.1) is 6.61 Å². The van der Waals surface area contributed by atoms with Crippen molar-refractivity contribution in [3.05, 3.63) is 35.7 Å². The molecule has 5 heteroatoms. The molecular formula is C14H15FO4. The highest BCUT2D eigenvalue weighted by Crippen LogP contribution is 2.28. The average molecular weight is 266 g/mol. The van der Waals surface area contributed by atoms with Gasteiger partial charge in [-0.1, -0.05) is 0 Å². The number of rotatable bonds is 7. The predicted molar refractivity (Wildman–Crippen MR) is 67.2 cm³/mol. The summed E-state index contributed by atoms with van der Waals surface area (Å²) in [6.07, 6.45) is 4.65. The van der Waals surface area contributed by atoms with Crippen LogP contribution >= 0.6 is 0 Å². The Morgan fingerprint density at radius 3 is 2.89 bits per heavy atom. The van der Waals surface area contributed by atoms with E-state index in [0.29, 0.717) is 23.8 Å². The number of benzene rings is 1. The Balaban J connectivity index is 1.89. The van der Waals surface area contributed by atoms with Crippen LogP contribution in [0.5, 0.6) is 5.75 Å². The zero-order chi connectivity index (χ0) is 13.7. The Hall–Kier alpha value is -1.88. The average Bonchev–Trinajstić information content (AvgIpc) is 3.16. The maximum atomic E-state index is 13.3. The van der Waals surface area contributed by atoms with Gasteiger partial charge in [0.2, 0.25) is 0 Å². The number of ether oxygens (including phenoxy) is 2. The standard InChI is InChI=1S/C14H15FO4/c15-12-5-11(3-4-14(16)17)6-13(7-12)19-9-18-8-10-1-2-10/h3-7,10H,1-2,8-9H2,(H,16,17)/b4-3+. The molecule has 2 rings (SSSR count). The molecule has 0 spiro atoms. The van der Waals surface area contributed by atoms with Gasteiger partial charge in [0.1, 0.15) is 11.6 Å². The summed E-state index contributed by atoms with van der Waals surface area (Å²) in [7, 11) is 0. The molecule has 1 aliphatic carbocycles. The van der Waals surface area contributed by atoms with Gasteiger partial charge in [-0.2, -0.15) is 0 Å². The summed E-state index contributed by atoms with van der Waals surface area (Å²) in [5.74, 6) is -0.602. The Labute approximate surface area is 110 Å². The van der Waals surface area contributed by atoms with Crippen LogP contribution in [-0.2, 0) is 9.53 Å². The van der Waals surface area contributed by atoms with Crippen LogP contribution in [-0.4, -0.2) is 24.5 Å². The zero-order valence-electron chi connectivity index (χ0n) is 10.3. The first-order valence-corrected chi connectivity index (χ1v) is 6.05. The number of carboxylic acid groups (broad SMARTS) is 1.